The predicted octanol–water partition coefficient (Wildman–Crippen LogP) is -5.68. The van der Waals surface area contributed by atoms with Gasteiger partial charge in [0.1, 0.15) is 42.7 Å². The molecule has 182 valence electrons. The van der Waals surface area contributed by atoms with Crippen molar-refractivity contribution in [1.82, 2.24) is 0 Å². The van der Waals surface area contributed by atoms with Gasteiger partial charge in [-0.1, -0.05) is 0 Å². The lowest BCUT2D eigenvalue weighted by Gasteiger charge is -2.47. The highest BCUT2D eigenvalue weighted by Crippen LogP contribution is 2.32. The Balaban J connectivity index is 1.78. The second kappa shape index (κ2) is 10.1. The van der Waals surface area contributed by atoms with E-state index >= 15 is 0 Å². The van der Waals surface area contributed by atoms with Crippen LogP contribution in [0.3, 0.4) is 0 Å². The molecule has 3 rings (SSSR count). The Labute approximate surface area is 178 Å². The number of rotatable bonds is 6. The molecule has 14 heteroatoms. The lowest BCUT2D eigenvalue weighted by Crippen LogP contribution is -2.68. The van der Waals surface area contributed by atoms with Crippen molar-refractivity contribution in [2.45, 2.75) is 92.1 Å². The molecule has 0 aromatic heterocycles. The summed E-state index contributed by atoms with van der Waals surface area (Å²) in [5.41, 5.74) is 23.6. The van der Waals surface area contributed by atoms with Gasteiger partial charge in [0.25, 0.3) is 0 Å². The number of hydrogen-bond acceptors (Lipinski definition) is 13. The summed E-state index contributed by atoms with van der Waals surface area (Å²) in [6.45, 7) is -0.812. The van der Waals surface area contributed by atoms with Crippen LogP contribution < -0.4 is 22.9 Å². The first kappa shape index (κ1) is 25.0. The minimum atomic E-state index is -1.91. The highest BCUT2D eigenvalue weighted by Gasteiger charge is 2.52. The molecular formula is C17H33FN4O9. The molecule has 0 amide bonds. The molecule has 2 aliphatic heterocycles. The van der Waals surface area contributed by atoms with Gasteiger partial charge in [0.15, 0.2) is 18.8 Å². The third-order valence-electron chi connectivity index (χ3n) is 6.08. The second-order valence-electron chi connectivity index (χ2n) is 8.25. The quantitative estimate of drug-likeness (QED) is 0.181. The molecule has 31 heavy (non-hydrogen) atoms. The molecule has 8 unspecified atom stereocenters. The van der Waals surface area contributed by atoms with Crippen LogP contribution in [0, 0.1) is 0 Å². The first-order valence-corrected chi connectivity index (χ1v) is 10.2. The van der Waals surface area contributed by atoms with E-state index in [4.69, 9.17) is 41.9 Å². The van der Waals surface area contributed by atoms with Gasteiger partial charge in [-0.3, -0.25) is 0 Å². The van der Waals surface area contributed by atoms with E-state index < -0.39 is 92.3 Å². The molecule has 13 nitrogen and oxygen atoms in total. The lowest BCUT2D eigenvalue weighted by atomic mass is 9.84. The average Bonchev–Trinajstić information content (AvgIpc) is 3.02. The van der Waals surface area contributed by atoms with Crippen LogP contribution in [0.15, 0.2) is 0 Å². The summed E-state index contributed by atoms with van der Waals surface area (Å²) in [4.78, 5) is 0. The molecule has 2 saturated heterocycles. The van der Waals surface area contributed by atoms with Crippen molar-refractivity contribution in [3.05, 3.63) is 0 Å². The van der Waals surface area contributed by atoms with Crippen molar-refractivity contribution in [3.8, 4) is 0 Å². The lowest BCUT2D eigenvalue weighted by molar-refractivity contribution is -0.306. The van der Waals surface area contributed by atoms with Crippen molar-refractivity contribution < 1.29 is 48.9 Å². The molecular weight excluding hydrogens is 423 g/mol. The summed E-state index contributed by atoms with van der Waals surface area (Å²) in [5.74, 6) is 0. The van der Waals surface area contributed by atoms with Crippen LogP contribution in [-0.4, -0.2) is 124 Å². The number of aliphatic hydroxyl groups excluding tert-OH is 5. The third-order valence-corrected chi connectivity index (χ3v) is 6.08. The van der Waals surface area contributed by atoms with E-state index in [2.05, 4.69) is 0 Å². The van der Waals surface area contributed by atoms with Gasteiger partial charge in [0.05, 0.1) is 18.8 Å². The fraction of sp³-hybridized carbons (Fsp3) is 1.00. The summed E-state index contributed by atoms with van der Waals surface area (Å²) in [7, 11) is 0. The highest BCUT2D eigenvalue weighted by atomic mass is 19.1. The predicted molar refractivity (Wildman–Crippen MR) is 101 cm³/mol. The van der Waals surface area contributed by atoms with Gasteiger partial charge in [0, 0.05) is 18.6 Å². The van der Waals surface area contributed by atoms with E-state index in [0.29, 0.717) is 0 Å². The van der Waals surface area contributed by atoms with E-state index in [1.54, 1.807) is 0 Å². The molecule has 3 aliphatic rings. The number of alkyl halides is 1. The maximum absolute atomic E-state index is 14.1. The number of hydrogen-bond donors (Lipinski definition) is 9. The molecule has 0 aromatic carbocycles. The first-order valence-electron chi connectivity index (χ1n) is 10.2. The fourth-order valence-electron chi connectivity index (χ4n) is 4.14. The third kappa shape index (κ3) is 4.86. The number of halogens is 1. The molecule has 13 N–H and O–H groups in total. The normalized spacial score (nSPS) is 53.6. The van der Waals surface area contributed by atoms with Crippen LogP contribution in [0.1, 0.15) is 6.42 Å². The van der Waals surface area contributed by atoms with Gasteiger partial charge >= 0.3 is 0 Å². The minimum absolute atomic E-state index is 0.123. The molecule has 1 saturated carbocycles. The summed E-state index contributed by atoms with van der Waals surface area (Å²) < 4.78 is 36.3. The summed E-state index contributed by atoms with van der Waals surface area (Å²) in [6.07, 6.45) is -15.1. The van der Waals surface area contributed by atoms with Crippen LogP contribution in [0.25, 0.3) is 0 Å². The average molecular weight is 456 g/mol. The van der Waals surface area contributed by atoms with E-state index in [0.717, 1.165) is 0 Å². The van der Waals surface area contributed by atoms with Crippen LogP contribution in [-0.2, 0) is 18.9 Å². The zero-order valence-corrected chi connectivity index (χ0v) is 16.8. The maximum atomic E-state index is 14.1. The first-order chi connectivity index (χ1) is 14.6. The van der Waals surface area contributed by atoms with Crippen molar-refractivity contribution in [2.24, 2.45) is 22.9 Å². The Kier molecular flexibility index (Phi) is 8.18. The summed E-state index contributed by atoms with van der Waals surface area (Å²) in [5, 5.41) is 50.0. The molecule has 2 heterocycles. The Bertz CT molecular complexity index is 596. The van der Waals surface area contributed by atoms with Crippen molar-refractivity contribution in [3.63, 3.8) is 0 Å². The largest absolute Gasteiger partial charge is 0.394 e. The number of aliphatic hydroxyl groups is 5. The molecule has 14 atom stereocenters. The highest BCUT2D eigenvalue weighted by molar-refractivity contribution is 5.01. The fourth-order valence-corrected chi connectivity index (χ4v) is 4.14. The van der Waals surface area contributed by atoms with Gasteiger partial charge in [-0.2, -0.15) is 0 Å². The van der Waals surface area contributed by atoms with E-state index in [-0.39, 0.29) is 13.0 Å². The van der Waals surface area contributed by atoms with E-state index in [1.807, 2.05) is 0 Å². The van der Waals surface area contributed by atoms with Crippen molar-refractivity contribution >= 4 is 0 Å². The van der Waals surface area contributed by atoms with Gasteiger partial charge in [0.2, 0.25) is 0 Å². The zero-order valence-electron chi connectivity index (χ0n) is 16.8. The van der Waals surface area contributed by atoms with Crippen LogP contribution in [0.5, 0.6) is 0 Å². The van der Waals surface area contributed by atoms with Crippen LogP contribution >= 0.6 is 0 Å². The van der Waals surface area contributed by atoms with Gasteiger partial charge < -0.3 is 67.4 Å². The SMILES string of the molecule is NCC1O[C@H](O[C@H]2C(N)C[C@@H](N)C(O)C2O[C@@H]2O[C@H](CO)C(F)C2O)C(N)C(O)[C@@H]1O. The molecule has 0 bridgehead atoms. The van der Waals surface area contributed by atoms with E-state index in [1.165, 1.54) is 0 Å². The van der Waals surface area contributed by atoms with Crippen molar-refractivity contribution in [1.29, 1.82) is 0 Å². The monoisotopic (exact) mass is 456 g/mol. The van der Waals surface area contributed by atoms with Crippen LogP contribution in [0.4, 0.5) is 4.39 Å². The minimum Gasteiger partial charge on any atom is -0.394 e. The molecule has 0 aromatic rings. The Morgan fingerprint density at radius 1 is 0.806 bits per heavy atom. The molecule has 0 radical (unpaired) electrons. The molecule has 3 fully saturated rings. The van der Waals surface area contributed by atoms with Crippen molar-refractivity contribution in [2.75, 3.05) is 13.2 Å². The number of nitrogens with two attached hydrogens (primary N) is 4. The molecule has 0 spiro atoms. The summed E-state index contributed by atoms with van der Waals surface area (Å²) in [6, 6.07) is -2.80. The van der Waals surface area contributed by atoms with Crippen LogP contribution in [0.2, 0.25) is 0 Å². The summed E-state index contributed by atoms with van der Waals surface area (Å²) >= 11 is 0. The molecule has 1 aliphatic carbocycles. The Hall–Kier alpha value is -0.590. The Morgan fingerprint density at radius 3 is 2.00 bits per heavy atom. The van der Waals surface area contributed by atoms with E-state index in [9.17, 15) is 29.9 Å². The second-order valence-corrected chi connectivity index (χ2v) is 8.25. The van der Waals surface area contributed by atoms with Gasteiger partial charge in [-0.05, 0) is 6.42 Å². The van der Waals surface area contributed by atoms with Gasteiger partial charge in [-0.25, -0.2) is 4.39 Å². The Morgan fingerprint density at radius 2 is 1.42 bits per heavy atom. The zero-order chi connectivity index (χ0) is 23.0. The topological polar surface area (TPSA) is 242 Å². The smallest absolute Gasteiger partial charge is 0.187 e. The van der Waals surface area contributed by atoms with Gasteiger partial charge in [-0.15, -0.1) is 0 Å². The standard InChI is InChI=1S/C17H33FN4O9/c18-8-7(3-23)29-17(12(8)26)31-15-10(24)4(20)1-5(21)14(15)30-16-9(22)13(27)11(25)6(2-19)28-16/h4-17,23-27H,1-3,19-22H2/t4-,5?,6?,7-,8?,9?,10?,11-,12?,13?,14+,15?,16-,17+/m1/s1. The maximum Gasteiger partial charge on any atom is 0.187 e. The number of ether oxygens (including phenoxy) is 4.